The first-order valence-corrected chi connectivity index (χ1v) is 7.17. The molecule has 5 nitrogen and oxygen atoms in total. The topological polar surface area (TPSA) is 68.0 Å². The fourth-order valence-corrected chi connectivity index (χ4v) is 3.40. The van der Waals surface area contributed by atoms with Gasteiger partial charge in [-0.3, -0.25) is 0 Å². The summed E-state index contributed by atoms with van der Waals surface area (Å²) in [5, 5.41) is 16.9. The van der Waals surface area contributed by atoms with Crippen LogP contribution >= 0.6 is 27.3 Å². The highest BCUT2D eigenvalue weighted by Crippen LogP contribution is 2.41. The van der Waals surface area contributed by atoms with Gasteiger partial charge < -0.3 is 5.11 Å². The lowest BCUT2D eigenvalue weighted by atomic mass is 10.2. The molecule has 0 amide bonds. The predicted molar refractivity (Wildman–Crippen MR) is 70.1 cm³/mol. The van der Waals surface area contributed by atoms with Gasteiger partial charge in [-0.25, -0.2) is 9.48 Å². The summed E-state index contributed by atoms with van der Waals surface area (Å²) in [5.74, 6) is -0.676. The minimum absolute atomic E-state index is 0.105. The van der Waals surface area contributed by atoms with Crippen molar-refractivity contribution in [3.05, 3.63) is 32.2 Å². The Bertz CT molecular complexity index is 603. The van der Waals surface area contributed by atoms with Crippen molar-refractivity contribution in [2.75, 3.05) is 0 Å². The van der Waals surface area contributed by atoms with E-state index in [2.05, 4.69) is 26.2 Å². The highest BCUT2D eigenvalue weighted by Gasteiger charge is 2.33. The molecule has 1 aliphatic rings. The van der Waals surface area contributed by atoms with Crippen LogP contribution in [0.1, 0.15) is 39.8 Å². The zero-order valence-electron chi connectivity index (χ0n) is 9.34. The highest BCUT2D eigenvalue weighted by molar-refractivity contribution is 9.11. The van der Waals surface area contributed by atoms with E-state index in [1.54, 1.807) is 16.0 Å². The third-order valence-corrected chi connectivity index (χ3v) is 4.48. The van der Waals surface area contributed by atoms with Crippen LogP contribution in [-0.4, -0.2) is 26.1 Å². The molecule has 2 aromatic rings. The van der Waals surface area contributed by atoms with Crippen molar-refractivity contribution in [3.8, 4) is 0 Å². The van der Waals surface area contributed by atoms with Crippen molar-refractivity contribution in [2.24, 2.45) is 0 Å². The van der Waals surface area contributed by atoms with E-state index in [0.29, 0.717) is 12.5 Å². The van der Waals surface area contributed by atoms with Gasteiger partial charge in [-0.2, -0.15) is 0 Å². The first-order valence-electron chi connectivity index (χ1n) is 5.56. The van der Waals surface area contributed by atoms with E-state index < -0.39 is 5.97 Å². The van der Waals surface area contributed by atoms with Crippen LogP contribution in [0.15, 0.2) is 15.9 Å². The summed E-state index contributed by atoms with van der Waals surface area (Å²) >= 11 is 5.03. The molecule has 3 rings (SSSR count). The van der Waals surface area contributed by atoms with Crippen LogP contribution in [0.4, 0.5) is 0 Å². The van der Waals surface area contributed by atoms with Gasteiger partial charge in [-0.1, -0.05) is 5.21 Å². The SMILES string of the molecule is O=C(O)c1nnn(Cc2ccc(Br)s2)c1C1CC1. The number of aromatic nitrogens is 3. The minimum Gasteiger partial charge on any atom is -0.476 e. The maximum Gasteiger partial charge on any atom is 0.358 e. The van der Waals surface area contributed by atoms with Crippen molar-refractivity contribution < 1.29 is 9.90 Å². The molecule has 0 unspecified atom stereocenters. The lowest BCUT2D eigenvalue weighted by molar-refractivity contribution is 0.0689. The van der Waals surface area contributed by atoms with E-state index in [-0.39, 0.29) is 5.69 Å². The van der Waals surface area contributed by atoms with E-state index in [1.165, 1.54) is 0 Å². The molecule has 1 N–H and O–H groups in total. The van der Waals surface area contributed by atoms with Gasteiger partial charge in [0.2, 0.25) is 0 Å². The molecule has 94 valence electrons. The maximum atomic E-state index is 11.1. The fourth-order valence-electron chi connectivity index (χ4n) is 1.93. The summed E-state index contributed by atoms with van der Waals surface area (Å²) in [6.45, 7) is 0.586. The number of thiophene rings is 1. The molecule has 7 heteroatoms. The molecule has 0 aromatic carbocycles. The van der Waals surface area contributed by atoms with E-state index in [0.717, 1.165) is 27.2 Å². The first-order chi connectivity index (χ1) is 8.65. The van der Waals surface area contributed by atoms with Gasteiger partial charge in [-0.05, 0) is 40.9 Å². The minimum atomic E-state index is -0.990. The Morgan fingerprint density at radius 3 is 2.89 bits per heavy atom. The first kappa shape index (κ1) is 11.9. The molecule has 1 aliphatic carbocycles. The van der Waals surface area contributed by atoms with Crippen LogP contribution in [0, 0.1) is 0 Å². The molecule has 0 saturated heterocycles. The number of halogens is 1. The lowest BCUT2D eigenvalue weighted by Crippen LogP contribution is -2.07. The highest BCUT2D eigenvalue weighted by atomic mass is 79.9. The molecule has 1 saturated carbocycles. The smallest absolute Gasteiger partial charge is 0.358 e. The molecule has 0 spiro atoms. The van der Waals surface area contributed by atoms with Gasteiger partial charge >= 0.3 is 5.97 Å². The van der Waals surface area contributed by atoms with Gasteiger partial charge in [0.25, 0.3) is 0 Å². The molecule has 0 radical (unpaired) electrons. The molecular weight excluding hydrogens is 318 g/mol. The van der Waals surface area contributed by atoms with Crippen molar-refractivity contribution in [3.63, 3.8) is 0 Å². The summed E-state index contributed by atoms with van der Waals surface area (Å²) in [4.78, 5) is 12.2. The second-order valence-electron chi connectivity index (χ2n) is 4.27. The van der Waals surface area contributed by atoms with Crippen molar-refractivity contribution in [1.82, 2.24) is 15.0 Å². The lowest BCUT2D eigenvalue weighted by Gasteiger charge is -2.03. The van der Waals surface area contributed by atoms with E-state index >= 15 is 0 Å². The summed E-state index contributed by atoms with van der Waals surface area (Å²) in [7, 11) is 0. The van der Waals surface area contributed by atoms with Crippen LogP contribution in [-0.2, 0) is 6.54 Å². The number of rotatable bonds is 4. The number of hydrogen-bond donors (Lipinski definition) is 1. The quantitative estimate of drug-likeness (QED) is 0.937. The average Bonchev–Trinajstić information content (AvgIpc) is 2.94. The Hall–Kier alpha value is -1.21. The molecule has 0 bridgehead atoms. The van der Waals surface area contributed by atoms with Crippen molar-refractivity contribution in [1.29, 1.82) is 0 Å². The average molecular weight is 328 g/mol. The van der Waals surface area contributed by atoms with Crippen molar-refractivity contribution in [2.45, 2.75) is 25.3 Å². The Morgan fingerprint density at radius 2 is 2.33 bits per heavy atom. The Morgan fingerprint density at radius 1 is 1.56 bits per heavy atom. The third-order valence-electron chi connectivity index (χ3n) is 2.87. The molecular formula is C11H10BrN3O2S. The fraction of sp³-hybridized carbons (Fsp3) is 0.364. The summed E-state index contributed by atoms with van der Waals surface area (Å²) in [5.41, 5.74) is 0.875. The van der Waals surface area contributed by atoms with Gasteiger partial charge in [0.1, 0.15) is 0 Å². The van der Waals surface area contributed by atoms with Crippen LogP contribution < -0.4 is 0 Å². The molecule has 0 atom stereocenters. The maximum absolute atomic E-state index is 11.1. The van der Waals surface area contributed by atoms with Gasteiger partial charge in [0.15, 0.2) is 5.69 Å². The van der Waals surface area contributed by atoms with E-state index in [9.17, 15) is 4.79 Å². The predicted octanol–water partition coefficient (Wildman–Crippen LogP) is 2.73. The summed E-state index contributed by atoms with van der Waals surface area (Å²) in [6, 6.07) is 3.99. The zero-order chi connectivity index (χ0) is 12.7. The summed E-state index contributed by atoms with van der Waals surface area (Å²) < 4.78 is 2.78. The number of nitrogens with zero attached hydrogens (tertiary/aromatic N) is 3. The van der Waals surface area contributed by atoms with Crippen LogP contribution in [0.25, 0.3) is 0 Å². The Labute approximate surface area is 116 Å². The zero-order valence-corrected chi connectivity index (χ0v) is 11.7. The van der Waals surface area contributed by atoms with Gasteiger partial charge in [0, 0.05) is 10.8 Å². The van der Waals surface area contributed by atoms with Crippen LogP contribution in [0.2, 0.25) is 0 Å². The van der Waals surface area contributed by atoms with Crippen molar-refractivity contribution >= 4 is 33.2 Å². The standard InChI is InChI=1S/C11H10BrN3O2S/c12-8-4-3-7(18-8)5-15-10(6-1-2-6)9(11(16)17)13-14-15/h3-4,6H,1-2,5H2,(H,16,17). The number of aromatic carboxylic acids is 1. The van der Waals surface area contributed by atoms with Gasteiger partial charge in [-0.15, -0.1) is 16.4 Å². The number of hydrogen-bond acceptors (Lipinski definition) is 4. The molecule has 2 aromatic heterocycles. The number of carboxylic acids is 1. The monoisotopic (exact) mass is 327 g/mol. The molecule has 2 heterocycles. The largest absolute Gasteiger partial charge is 0.476 e. The number of carbonyl (C=O) groups is 1. The third kappa shape index (κ3) is 2.20. The molecule has 0 aliphatic heterocycles. The van der Waals surface area contributed by atoms with Crippen LogP contribution in [0.3, 0.4) is 0 Å². The molecule has 1 fully saturated rings. The second-order valence-corrected chi connectivity index (χ2v) is 6.81. The normalized spacial score (nSPS) is 14.9. The second kappa shape index (κ2) is 4.47. The Balaban J connectivity index is 1.94. The van der Waals surface area contributed by atoms with Gasteiger partial charge in [0.05, 0.1) is 16.0 Å². The number of carboxylic acid groups (broad SMARTS) is 1. The Kier molecular flexibility index (Phi) is 2.95. The van der Waals surface area contributed by atoms with E-state index in [4.69, 9.17) is 5.11 Å². The van der Waals surface area contributed by atoms with Crippen LogP contribution in [0.5, 0.6) is 0 Å². The molecule has 18 heavy (non-hydrogen) atoms. The van der Waals surface area contributed by atoms with E-state index in [1.807, 2.05) is 12.1 Å². The summed E-state index contributed by atoms with van der Waals surface area (Å²) in [6.07, 6.45) is 2.06.